The monoisotopic (exact) mass is 233 g/mol. The van der Waals surface area contributed by atoms with Crippen molar-refractivity contribution in [3.05, 3.63) is 34.9 Å². The van der Waals surface area contributed by atoms with Crippen LogP contribution in [0.2, 0.25) is 0 Å². The van der Waals surface area contributed by atoms with E-state index >= 15 is 0 Å². The SMILES string of the molecule is CC(C)(C)OC(=O)c1cccc2c1[C@@H](N)CC2. The third kappa shape index (κ3) is 2.50. The van der Waals surface area contributed by atoms with Gasteiger partial charge in [0.05, 0.1) is 5.56 Å². The van der Waals surface area contributed by atoms with Crippen molar-refractivity contribution in [2.45, 2.75) is 45.3 Å². The molecule has 3 heteroatoms. The summed E-state index contributed by atoms with van der Waals surface area (Å²) in [6.07, 6.45) is 1.86. The van der Waals surface area contributed by atoms with Crippen LogP contribution in [0.25, 0.3) is 0 Å². The quantitative estimate of drug-likeness (QED) is 0.758. The standard InChI is InChI=1S/C14H19NO2/c1-14(2,3)17-13(16)10-6-4-5-9-7-8-11(15)12(9)10/h4-6,11H,7-8,15H2,1-3H3/t11-/m0/s1. The van der Waals surface area contributed by atoms with Gasteiger partial charge in [-0.25, -0.2) is 4.79 Å². The maximum Gasteiger partial charge on any atom is 0.338 e. The molecule has 2 rings (SSSR count). The molecule has 0 spiro atoms. The number of aryl methyl sites for hydroxylation is 1. The summed E-state index contributed by atoms with van der Waals surface area (Å²) in [5.74, 6) is -0.272. The van der Waals surface area contributed by atoms with Crippen LogP contribution in [0.5, 0.6) is 0 Å². The Labute approximate surface area is 102 Å². The van der Waals surface area contributed by atoms with Gasteiger partial charge in [0.2, 0.25) is 0 Å². The van der Waals surface area contributed by atoms with Crippen LogP contribution >= 0.6 is 0 Å². The summed E-state index contributed by atoms with van der Waals surface area (Å²) in [5, 5.41) is 0. The number of esters is 1. The van der Waals surface area contributed by atoms with Gasteiger partial charge >= 0.3 is 5.97 Å². The van der Waals surface area contributed by atoms with Gasteiger partial charge in [-0.3, -0.25) is 0 Å². The molecule has 0 saturated heterocycles. The molecule has 0 bridgehead atoms. The fraction of sp³-hybridized carbons (Fsp3) is 0.500. The first kappa shape index (κ1) is 12.1. The van der Waals surface area contributed by atoms with Gasteiger partial charge in [0.15, 0.2) is 0 Å². The fourth-order valence-corrected chi connectivity index (χ4v) is 2.24. The average Bonchev–Trinajstić information content (AvgIpc) is 2.58. The second kappa shape index (κ2) is 4.15. The average molecular weight is 233 g/mol. The molecule has 0 radical (unpaired) electrons. The summed E-state index contributed by atoms with van der Waals surface area (Å²) < 4.78 is 5.40. The molecular weight excluding hydrogens is 214 g/mol. The lowest BCUT2D eigenvalue weighted by atomic mass is 10.0. The first-order chi connectivity index (χ1) is 7.88. The maximum absolute atomic E-state index is 12.1. The van der Waals surface area contributed by atoms with E-state index in [4.69, 9.17) is 10.5 Å². The number of fused-ring (bicyclic) bond motifs is 1. The molecular formula is C14H19NO2. The van der Waals surface area contributed by atoms with Gasteiger partial charge in [-0.15, -0.1) is 0 Å². The van der Waals surface area contributed by atoms with Crippen LogP contribution in [0.15, 0.2) is 18.2 Å². The van der Waals surface area contributed by atoms with Gasteiger partial charge in [-0.2, -0.15) is 0 Å². The topological polar surface area (TPSA) is 52.3 Å². The smallest absolute Gasteiger partial charge is 0.338 e. The first-order valence-corrected chi connectivity index (χ1v) is 5.99. The Hall–Kier alpha value is -1.35. The first-order valence-electron chi connectivity index (χ1n) is 5.99. The van der Waals surface area contributed by atoms with Crippen LogP contribution in [0.4, 0.5) is 0 Å². The van der Waals surface area contributed by atoms with Crippen LogP contribution in [0.3, 0.4) is 0 Å². The molecule has 1 aliphatic carbocycles. The predicted octanol–water partition coefficient (Wildman–Crippen LogP) is 2.59. The van der Waals surface area contributed by atoms with Gasteiger partial charge in [0.1, 0.15) is 5.60 Å². The van der Waals surface area contributed by atoms with E-state index in [9.17, 15) is 4.79 Å². The van der Waals surface area contributed by atoms with E-state index in [1.807, 2.05) is 32.9 Å². The van der Waals surface area contributed by atoms with E-state index in [1.54, 1.807) is 6.07 Å². The molecule has 0 aromatic heterocycles. The van der Waals surface area contributed by atoms with E-state index in [0.29, 0.717) is 5.56 Å². The third-order valence-electron chi connectivity index (χ3n) is 2.91. The van der Waals surface area contributed by atoms with Gasteiger partial charge in [0.25, 0.3) is 0 Å². The van der Waals surface area contributed by atoms with Crippen LogP contribution in [-0.2, 0) is 11.2 Å². The van der Waals surface area contributed by atoms with Crippen LogP contribution in [-0.4, -0.2) is 11.6 Å². The van der Waals surface area contributed by atoms with E-state index in [1.165, 1.54) is 5.56 Å². The Bertz CT molecular complexity index is 446. The van der Waals surface area contributed by atoms with Gasteiger partial charge < -0.3 is 10.5 Å². The van der Waals surface area contributed by atoms with Crippen molar-refractivity contribution in [1.82, 2.24) is 0 Å². The molecule has 1 aromatic carbocycles. The fourth-order valence-electron chi connectivity index (χ4n) is 2.24. The lowest BCUT2D eigenvalue weighted by Crippen LogP contribution is -2.25. The number of nitrogens with two attached hydrogens (primary N) is 1. The Kier molecular flexibility index (Phi) is 2.96. The molecule has 17 heavy (non-hydrogen) atoms. The third-order valence-corrected chi connectivity index (χ3v) is 2.91. The number of hydrogen-bond acceptors (Lipinski definition) is 3. The summed E-state index contributed by atoms with van der Waals surface area (Å²) >= 11 is 0. The summed E-state index contributed by atoms with van der Waals surface area (Å²) in [5.41, 5.74) is 8.35. The lowest BCUT2D eigenvalue weighted by Gasteiger charge is -2.21. The Morgan fingerprint density at radius 2 is 2.12 bits per heavy atom. The van der Waals surface area contributed by atoms with E-state index in [2.05, 4.69) is 0 Å². The van der Waals surface area contributed by atoms with Gasteiger partial charge in [-0.05, 0) is 50.8 Å². The van der Waals surface area contributed by atoms with E-state index < -0.39 is 5.60 Å². The molecule has 0 amide bonds. The normalized spacial score (nSPS) is 18.9. The zero-order chi connectivity index (χ0) is 12.6. The van der Waals surface area contributed by atoms with Crippen molar-refractivity contribution in [3.8, 4) is 0 Å². The molecule has 1 atom stereocenters. The Balaban J connectivity index is 2.34. The molecule has 3 nitrogen and oxygen atoms in total. The molecule has 0 saturated carbocycles. The van der Waals surface area contributed by atoms with Crippen molar-refractivity contribution in [3.63, 3.8) is 0 Å². The molecule has 0 heterocycles. The summed E-state index contributed by atoms with van der Waals surface area (Å²) in [4.78, 5) is 12.1. The van der Waals surface area contributed by atoms with Gasteiger partial charge in [-0.1, -0.05) is 12.1 Å². The highest BCUT2D eigenvalue weighted by atomic mass is 16.6. The second-order valence-corrected chi connectivity index (χ2v) is 5.53. The minimum Gasteiger partial charge on any atom is -0.456 e. The predicted molar refractivity (Wildman–Crippen MR) is 66.9 cm³/mol. The zero-order valence-corrected chi connectivity index (χ0v) is 10.6. The molecule has 0 unspecified atom stereocenters. The van der Waals surface area contributed by atoms with Crippen molar-refractivity contribution in [2.24, 2.45) is 5.73 Å². The van der Waals surface area contributed by atoms with Crippen LogP contribution < -0.4 is 5.73 Å². The minimum absolute atomic E-state index is 0.0336. The second-order valence-electron chi connectivity index (χ2n) is 5.53. The molecule has 0 fully saturated rings. The van der Waals surface area contributed by atoms with Crippen molar-refractivity contribution < 1.29 is 9.53 Å². The van der Waals surface area contributed by atoms with Crippen molar-refractivity contribution in [1.29, 1.82) is 0 Å². The minimum atomic E-state index is -0.470. The zero-order valence-electron chi connectivity index (χ0n) is 10.6. The van der Waals surface area contributed by atoms with Crippen LogP contribution in [0.1, 0.15) is 54.7 Å². The number of rotatable bonds is 1. The molecule has 92 valence electrons. The van der Waals surface area contributed by atoms with Crippen molar-refractivity contribution >= 4 is 5.97 Å². The van der Waals surface area contributed by atoms with Crippen LogP contribution in [0, 0.1) is 0 Å². The Morgan fingerprint density at radius 1 is 1.41 bits per heavy atom. The van der Waals surface area contributed by atoms with E-state index in [0.717, 1.165) is 18.4 Å². The molecule has 1 aliphatic rings. The largest absolute Gasteiger partial charge is 0.456 e. The maximum atomic E-state index is 12.1. The van der Waals surface area contributed by atoms with Crippen molar-refractivity contribution in [2.75, 3.05) is 0 Å². The number of carbonyl (C=O) groups excluding carboxylic acids is 1. The van der Waals surface area contributed by atoms with Gasteiger partial charge in [0, 0.05) is 6.04 Å². The molecule has 2 N–H and O–H groups in total. The lowest BCUT2D eigenvalue weighted by molar-refractivity contribution is 0.00679. The highest BCUT2D eigenvalue weighted by molar-refractivity contribution is 5.92. The number of carbonyl (C=O) groups is 1. The highest BCUT2D eigenvalue weighted by Gasteiger charge is 2.27. The summed E-state index contributed by atoms with van der Waals surface area (Å²) in [7, 11) is 0. The summed E-state index contributed by atoms with van der Waals surface area (Å²) in [6.45, 7) is 5.61. The number of ether oxygens (including phenoxy) is 1. The highest BCUT2D eigenvalue weighted by Crippen LogP contribution is 2.32. The molecule has 0 aliphatic heterocycles. The molecule has 1 aromatic rings. The number of benzene rings is 1. The Morgan fingerprint density at radius 3 is 2.76 bits per heavy atom. The van der Waals surface area contributed by atoms with E-state index in [-0.39, 0.29) is 12.0 Å². The number of hydrogen-bond donors (Lipinski definition) is 1. The summed E-state index contributed by atoms with van der Waals surface area (Å²) in [6, 6.07) is 5.71.